The van der Waals surface area contributed by atoms with E-state index in [1.807, 2.05) is 17.5 Å². The minimum atomic E-state index is -0.232. The summed E-state index contributed by atoms with van der Waals surface area (Å²) < 4.78 is 13.6. The quantitative estimate of drug-likeness (QED) is 0.194. The summed E-state index contributed by atoms with van der Waals surface area (Å²) in [5, 5.41) is 5.82. The second-order valence-corrected chi connectivity index (χ2v) is 11.7. The Morgan fingerprint density at radius 1 is 0.902 bits per heavy atom. The van der Waals surface area contributed by atoms with Crippen LogP contribution in [0.4, 0.5) is 4.39 Å². The molecule has 0 radical (unpaired) electrons. The Morgan fingerprint density at radius 3 is 2.22 bits per heavy atom. The lowest BCUT2D eigenvalue weighted by Crippen LogP contribution is -2.37. The number of piperidine rings is 1. The number of likely N-dealkylation sites (tertiary alicyclic amines) is 1. The first-order valence-corrected chi connectivity index (χ1v) is 15.5. The van der Waals surface area contributed by atoms with Gasteiger partial charge in [0.1, 0.15) is 16.5 Å². The molecule has 41 heavy (non-hydrogen) atoms. The monoisotopic (exact) mass is 570 g/mol. The van der Waals surface area contributed by atoms with Gasteiger partial charge in [-0.05, 0) is 67.7 Å². The maximum atomic E-state index is 13.6. The summed E-state index contributed by atoms with van der Waals surface area (Å²) in [7, 11) is 0. The van der Waals surface area contributed by atoms with Crippen LogP contribution in [0, 0.1) is 5.82 Å². The lowest BCUT2D eigenvalue weighted by atomic mass is 9.88. The number of carbonyl (C=O) groups is 1. The highest BCUT2D eigenvalue weighted by molar-refractivity contribution is 7.09. The number of carbonyl (C=O) groups excluding carboxylic acids is 1. The van der Waals surface area contributed by atoms with E-state index in [0.29, 0.717) is 25.3 Å². The normalized spacial score (nSPS) is 14.0. The van der Waals surface area contributed by atoms with Gasteiger partial charge in [-0.1, -0.05) is 79.2 Å². The van der Waals surface area contributed by atoms with E-state index in [1.165, 1.54) is 53.9 Å². The first-order chi connectivity index (χ1) is 20.1. The SMILES string of the molecule is O=C(NCCN1CCCCC1)c1csc(CN(CCC(c2ccccc2)c2ccccc2)Cc2ccc(F)cc2)n1. The highest BCUT2D eigenvalue weighted by atomic mass is 32.1. The second kappa shape index (κ2) is 15.0. The Morgan fingerprint density at radius 2 is 1.56 bits per heavy atom. The summed E-state index contributed by atoms with van der Waals surface area (Å²) in [5.41, 5.74) is 4.11. The molecule has 0 saturated carbocycles. The number of aromatic nitrogens is 1. The molecule has 1 fully saturated rings. The molecule has 5 rings (SSSR count). The molecule has 1 N–H and O–H groups in total. The molecule has 1 saturated heterocycles. The van der Waals surface area contributed by atoms with Crippen LogP contribution in [0.2, 0.25) is 0 Å². The fraction of sp³-hybridized carbons (Fsp3) is 0.353. The van der Waals surface area contributed by atoms with Gasteiger partial charge in [-0.3, -0.25) is 9.69 Å². The van der Waals surface area contributed by atoms with Crippen molar-refractivity contribution in [1.82, 2.24) is 20.1 Å². The molecule has 4 aromatic rings. The molecule has 0 spiro atoms. The van der Waals surface area contributed by atoms with Crippen LogP contribution in [-0.2, 0) is 13.1 Å². The van der Waals surface area contributed by atoms with Crippen LogP contribution in [0.1, 0.15) is 63.8 Å². The molecule has 5 nitrogen and oxygen atoms in total. The minimum Gasteiger partial charge on any atom is -0.349 e. The summed E-state index contributed by atoms with van der Waals surface area (Å²) in [6.45, 7) is 5.89. The van der Waals surface area contributed by atoms with E-state index in [2.05, 4.69) is 75.8 Å². The van der Waals surface area contributed by atoms with Crippen molar-refractivity contribution >= 4 is 17.2 Å². The van der Waals surface area contributed by atoms with Gasteiger partial charge in [-0.25, -0.2) is 9.37 Å². The van der Waals surface area contributed by atoms with Crippen molar-refractivity contribution in [3.8, 4) is 0 Å². The van der Waals surface area contributed by atoms with Crippen molar-refractivity contribution in [2.45, 2.75) is 44.7 Å². The number of hydrogen-bond acceptors (Lipinski definition) is 5. The average Bonchev–Trinajstić information content (AvgIpc) is 3.48. The van der Waals surface area contributed by atoms with Gasteiger partial charge < -0.3 is 10.2 Å². The first kappa shape index (κ1) is 29.1. The minimum absolute atomic E-state index is 0.109. The Kier molecular flexibility index (Phi) is 10.7. The molecular weight excluding hydrogens is 531 g/mol. The Hall–Kier alpha value is -3.39. The van der Waals surface area contributed by atoms with E-state index in [9.17, 15) is 9.18 Å². The molecule has 1 aliphatic heterocycles. The molecule has 0 unspecified atom stereocenters. The molecule has 1 amide bonds. The van der Waals surface area contributed by atoms with Crippen LogP contribution in [0.3, 0.4) is 0 Å². The zero-order valence-corrected chi connectivity index (χ0v) is 24.4. The fourth-order valence-corrected chi connectivity index (χ4v) is 6.37. The van der Waals surface area contributed by atoms with Crippen molar-refractivity contribution in [2.75, 3.05) is 32.7 Å². The zero-order valence-electron chi connectivity index (χ0n) is 23.6. The summed E-state index contributed by atoms with van der Waals surface area (Å²) in [5.74, 6) is -0.0853. The van der Waals surface area contributed by atoms with E-state index in [4.69, 9.17) is 4.98 Å². The third kappa shape index (κ3) is 8.80. The van der Waals surface area contributed by atoms with Crippen molar-refractivity contribution in [2.24, 2.45) is 0 Å². The van der Waals surface area contributed by atoms with Crippen LogP contribution in [-0.4, -0.2) is 53.4 Å². The van der Waals surface area contributed by atoms with Gasteiger partial charge in [0.2, 0.25) is 0 Å². The van der Waals surface area contributed by atoms with Crippen molar-refractivity contribution in [3.05, 3.63) is 124 Å². The number of rotatable bonds is 13. The molecular formula is C34H39FN4OS. The summed E-state index contributed by atoms with van der Waals surface area (Å²) in [4.78, 5) is 22.3. The molecule has 2 heterocycles. The van der Waals surface area contributed by atoms with Gasteiger partial charge in [-0.15, -0.1) is 11.3 Å². The van der Waals surface area contributed by atoms with Crippen LogP contribution < -0.4 is 5.32 Å². The third-order valence-corrected chi connectivity index (χ3v) is 8.60. The highest BCUT2D eigenvalue weighted by Gasteiger charge is 2.19. The third-order valence-electron chi connectivity index (χ3n) is 7.76. The predicted octanol–water partition coefficient (Wildman–Crippen LogP) is 6.72. The summed E-state index contributed by atoms with van der Waals surface area (Å²) >= 11 is 1.52. The largest absolute Gasteiger partial charge is 0.349 e. The second-order valence-electron chi connectivity index (χ2n) is 10.8. The molecule has 0 bridgehead atoms. The Balaban J connectivity index is 1.25. The van der Waals surface area contributed by atoms with Gasteiger partial charge in [0.05, 0.1) is 6.54 Å². The molecule has 7 heteroatoms. The van der Waals surface area contributed by atoms with E-state index < -0.39 is 0 Å². The van der Waals surface area contributed by atoms with Gasteiger partial charge in [0.15, 0.2) is 0 Å². The van der Waals surface area contributed by atoms with Crippen LogP contribution in [0.15, 0.2) is 90.3 Å². The first-order valence-electron chi connectivity index (χ1n) is 14.7. The van der Waals surface area contributed by atoms with Crippen molar-refractivity contribution < 1.29 is 9.18 Å². The lowest BCUT2D eigenvalue weighted by molar-refractivity contribution is 0.0942. The Labute approximate surface area is 247 Å². The van der Waals surface area contributed by atoms with Gasteiger partial charge in [-0.2, -0.15) is 0 Å². The van der Waals surface area contributed by atoms with E-state index in [1.54, 1.807) is 0 Å². The Bertz CT molecular complexity index is 1300. The summed E-state index contributed by atoms with van der Waals surface area (Å²) in [6, 6.07) is 28.0. The van der Waals surface area contributed by atoms with Crippen LogP contribution in [0.25, 0.3) is 0 Å². The van der Waals surface area contributed by atoms with Crippen LogP contribution in [0.5, 0.6) is 0 Å². The van der Waals surface area contributed by atoms with Gasteiger partial charge in [0, 0.05) is 30.9 Å². The van der Waals surface area contributed by atoms with Gasteiger partial charge in [0.25, 0.3) is 5.91 Å². The maximum Gasteiger partial charge on any atom is 0.270 e. The maximum absolute atomic E-state index is 13.6. The number of benzene rings is 3. The number of hydrogen-bond donors (Lipinski definition) is 1. The zero-order chi connectivity index (χ0) is 28.3. The molecule has 1 aromatic heterocycles. The number of halogens is 1. The standard InChI is InChI=1S/C34H39FN4OS/c35-30-16-14-27(15-17-30)24-39(22-18-31(28-10-4-1-5-11-28)29-12-6-2-7-13-29)25-33-37-32(26-41-33)34(40)36-19-23-38-20-8-3-9-21-38/h1-2,4-7,10-17,26,31H,3,8-9,18-25H2,(H,36,40). The van der Waals surface area contributed by atoms with Crippen molar-refractivity contribution in [3.63, 3.8) is 0 Å². The predicted molar refractivity (Wildman–Crippen MR) is 165 cm³/mol. The smallest absolute Gasteiger partial charge is 0.270 e. The van der Waals surface area contributed by atoms with Gasteiger partial charge >= 0.3 is 0 Å². The van der Waals surface area contributed by atoms with E-state index in [-0.39, 0.29) is 17.6 Å². The number of nitrogens with zero attached hydrogens (tertiary/aromatic N) is 3. The number of amides is 1. The number of thiazole rings is 1. The van der Waals surface area contributed by atoms with E-state index in [0.717, 1.165) is 43.2 Å². The summed E-state index contributed by atoms with van der Waals surface area (Å²) in [6.07, 6.45) is 4.72. The average molecular weight is 571 g/mol. The van der Waals surface area contributed by atoms with E-state index >= 15 is 0 Å². The number of nitrogens with one attached hydrogen (secondary N) is 1. The molecule has 1 aliphatic rings. The van der Waals surface area contributed by atoms with Crippen LogP contribution >= 0.6 is 11.3 Å². The molecule has 0 atom stereocenters. The molecule has 3 aromatic carbocycles. The molecule has 214 valence electrons. The molecule has 0 aliphatic carbocycles. The lowest BCUT2D eigenvalue weighted by Gasteiger charge is -2.26. The van der Waals surface area contributed by atoms with Crippen molar-refractivity contribution in [1.29, 1.82) is 0 Å². The fourth-order valence-electron chi connectivity index (χ4n) is 5.55. The topological polar surface area (TPSA) is 48.5 Å². The highest BCUT2D eigenvalue weighted by Crippen LogP contribution is 2.29.